The predicted octanol–water partition coefficient (Wildman–Crippen LogP) is 3.73. The molecule has 0 aliphatic rings. The normalized spacial score (nSPS) is 11.3. The lowest BCUT2D eigenvalue weighted by atomic mass is 9.87. The highest BCUT2D eigenvalue weighted by molar-refractivity contribution is 6.30. The zero-order chi connectivity index (χ0) is 18.4. The van der Waals surface area contributed by atoms with Gasteiger partial charge in [0.2, 0.25) is 0 Å². The smallest absolute Gasteiger partial charge is 0.309 e. The van der Waals surface area contributed by atoms with E-state index < -0.39 is 11.9 Å². The number of carbonyl (C=O) groups is 1. The second-order valence-electron chi connectivity index (χ2n) is 5.24. The lowest BCUT2D eigenvalue weighted by molar-refractivity contribution is -0.139. The minimum atomic E-state index is -0.677. The van der Waals surface area contributed by atoms with Crippen LogP contribution in [0.5, 0.6) is 11.5 Å². The molecule has 25 heavy (non-hydrogen) atoms. The van der Waals surface area contributed by atoms with Crippen LogP contribution in [0.15, 0.2) is 36.4 Å². The minimum Gasteiger partial charge on any atom is -0.493 e. The van der Waals surface area contributed by atoms with Crippen molar-refractivity contribution in [1.29, 1.82) is 5.26 Å². The van der Waals surface area contributed by atoms with Gasteiger partial charge in [-0.1, -0.05) is 29.8 Å². The first-order valence-corrected chi connectivity index (χ1v) is 7.89. The highest BCUT2D eigenvalue weighted by Gasteiger charge is 2.24. The summed E-state index contributed by atoms with van der Waals surface area (Å²) >= 11 is 6.13. The Bertz CT molecular complexity index is 814. The molecule has 5 nitrogen and oxygen atoms in total. The highest BCUT2D eigenvalue weighted by atomic mass is 35.5. The molecule has 0 radical (unpaired) electrons. The number of carbonyl (C=O) groups excluding carboxylic acids is 1. The molecular weight excluding hydrogens is 342 g/mol. The Morgan fingerprint density at radius 3 is 2.52 bits per heavy atom. The van der Waals surface area contributed by atoms with Crippen LogP contribution < -0.4 is 9.47 Å². The number of hydrogen-bond acceptors (Lipinski definition) is 5. The number of rotatable bonds is 6. The second kappa shape index (κ2) is 8.41. The second-order valence-corrected chi connectivity index (χ2v) is 5.68. The first kappa shape index (κ1) is 18.6. The van der Waals surface area contributed by atoms with E-state index in [1.165, 1.54) is 21.3 Å². The lowest BCUT2D eigenvalue weighted by Crippen LogP contribution is -2.10. The maximum atomic E-state index is 11.7. The molecule has 0 bridgehead atoms. The van der Waals surface area contributed by atoms with Gasteiger partial charge in [0.05, 0.1) is 33.8 Å². The van der Waals surface area contributed by atoms with Crippen LogP contribution in [0, 0.1) is 11.3 Å². The maximum Gasteiger partial charge on any atom is 0.309 e. The summed E-state index contributed by atoms with van der Waals surface area (Å²) in [6, 6.07) is 12.7. The summed E-state index contributed by atoms with van der Waals surface area (Å²) in [6.45, 7) is 0. The summed E-state index contributed by atoms with van der Waals surface area (Å²) in [6.07, 6.45) is 0.0491. The van der Waals surface area contributed by atoms with Crippen LogP contribution in [0.4, 0.5) is 0 Å². The van der Waals surface area contributed by atoms with Gasteiger partial charge in [0.25, 0.3) is 0 Å². The van der Waals surface area contributed by atoms with Gasteiger partial charge in [-0.05, 0) is 29.3 Å². The molecule has 1 unspecified atom stereocenters. The van der Waals surface area contributed by atoms with Crippen LogP contribution in [0.25, 0.3) is 0 Å². The van der Waals surface area contributed by atoms with Gasteiger partial charge in [0, 0.05) is 10.6 Å². The first-order chi connectivity index (χ1) is 12.0. The Kier molecular flexibility index (Phi) is 6.26. The third-order valence-corrected chi connectivity index (χ3v) is 4.09. The third-order valence-electron chi connectivity index (χ3n) is 3.85. The summed E-state index contributed by atoms with van der Waals surface area (Å²) < 4.78 is 15.5. The largest absolute Gasteiger partial charge is 0.493 e. The van der Waals surface area contributed by atoms with E-state index in [4.69, 9.17) is 25.8 Å². The number of esters is 1. The third kappa shape index (κ3) is 4.04. The van der Waals surface area contributed by atoms with E-state index in [0.717, 1.165) is 0 Å². The molecule has 0 spiro atoms. The molecule has 2 aromatic carbocycles. The van der Waals surface area contributed by atoms with E-state index in [1.807, 2.05) is 0 Å². The fourth-order valence-electron chi connectivity index (χ4n) is 2.67. The van der Waals surface area contributed by atoms with Crippen molar-refractivity contribution in [2.75, 3.05) is 21.3 Å². The molecule has 2 rings (SSSR count). The Morgan fingerprint density at radius 1 is 1.16 bits per heavy atom. The van der Waals surface area contributed by atoms with E-state index in [1.54, 1.807) is 36.4 Å². The summed E-state index contributed by atoms with van der Waals surface area (Å²) in [5.41, 5.74) is 1.94. The van der Waals surface area contributed by atoms with Crippen LogP contribution in [0.1, 0.15) is 22.6 Å². The molecule has 0 fully saturated rings. The fraction of sp³-hybridized carbons (Fsp3) is 0.263. The average molecular weight is 360 g/mol. The van der Waals surface area contributed by atoms with E-state index in [2.05, 4.69) is 6.07 Å². The van der Waals surface area contributed by atoms with Crippen LogP contribution in [-0.4, -0.2) is 27.3 Å². The summed E-state index contributed by atoms with van der Waals surface area (Å²) in [5.74, 6) is -0.0707. The molecule has 2 aromatic rings. The molecule has 130 valence electrons. The summed E-state index contributed by atoms with van der Waals surface area (Å²) in [4.78, 5) is 11.7. The zero-order valence-electron chi connectivity index (χ0n) is 14.2. The number of hydrogen-bond donors (Lipinski definition) is 0. The van der Waals surface area contributed by atoms with Gasteiger partial charge in [-0.2, -0.15) is 5.26 Å². The molecule has 0 N–H and O–H groups in total. The SMILES string of the molecule is COC(=O)Cc1ccc(Cl)cc1C(C#N)c1cccc(OC)c1OC. The van der Waals surface area contributed by atoms with E-state index in [0.29, 0.717) is 33.2 Å². The number of ether oxygens (including phenoxy) is 3. The van der Waals surface area contributed by atoms with Crippen LogP contribution >= 0.6 is 11.6 Å². The standard InChI is InChI=1S/C19H18ClNO4/c1-23-17-6-4-5-14(19(17)25-3)16(11-21)15-10-13(20)8-7-12(15)9-18(22)24-2/h4-8,10,16H,9H2,1-3H3. The van der Waals surface area contributed by atoms with Gasteiger partial charge < -0.3 is 14.2 Å². The Labute approximate surface area is 151 Å². The Balaban J connectivity index is 2.61. The first-order valence-electron chi connectivity index (χ1n) is 7.51. The molecule has 1 atom stereocenters. The van der Waals surface area contributed by atoms with Gasteiger partial charge in [-0.25, -0.2) is 0 Å². The van der Waals surface area contributed by atoms with Crippen molar-refractivity contribution in [1.82, 2.24) is 0 Å². The quantitative estimate of drug-likeness (QED) is 0.735. The van der Waals surface area contributed by atoms with Crippen molar-refractivity contribution in [2.24, 2.45) is 0 Å². The summed E-state index contributed by atoms with van der Waals surface area (Å²) in [5, 5.41) is 10.3. The van der Waals surface area contributed by atoms with Crippen molar-refractivity contribution in [3.05, 3.63) is 58.1 Å². The van der Waals surface area contributed by atoms with E-state index in [9.17, 15) is 10.1 Å². The molecule has 0 aliphatic heterocycles. The molecule has 0 amide bonds. The van der Waals surface area contributed by atoms with Crippen LogP contribution in [-0.2, 0) is 16.0 Å². The number of para-hydroxylation sites is 1. The number of nitriles is 1. The maximum absolute atomic E-state index is 11.7. The van der Waals surface area contributed by atoms with Crippen molar-refractivity contribution < 1.29 is 19.0 Å². The molecule has 0 heterocycles. The van der Waals surface area contributed by atoms with Gasteiger partial charge in [0.15, 0.2) is 11.5 Å². The topological polar surface area (TPSA) is 68.6 Å². The van der Waals surface area contributed by atoms with Gasteiger partial charge >= 0.3 is 5.97 Å². The number of halogens is 1. The molecule has 6 heteroatoms. The molecule has 0 aromatic heterocycles. The van der Waals surface area contributed by atoms with Gasteiger partial charge in [0.1, 0.15) is 5.92 Å². The Morgan fingerprint density at radius 2 is 1.92 bits per heavy atom. The minimum absolute atomic E-state index is 0.0491. The number of methoxy groups -OCH3 is 3. The van der Waals surface area contributed by atoms with Crippen molar-refractivity contribution in [2.45, 2.75) is 12.3 Å². The highest BCUT2D eigenvalue weighted by Crippen LogP contribution is 2.39. The van der Waals surface area contributed by atoms with Crippen molar-refractivity contribution >= 4 is 17.6 Å². The number of nitrogens with zero attached hydrogens (tertiary/aromatic N) is 1. The van der Waals surface area contributed by atoms with Gasteiger partial charge in [-0.15, -0.1) is 0 Å². The van der Waals surface area contributed by atoms with Crippen LogP contribution in [0.3, 0.4) is 0 Å². The fourth-order valence-corrected chi connectivity index (χ4v) is 2.85. The Hall–Kier alpha value is -2.71. The van der Waals surface area contributed by atoms with Crippen molar-refractivity contribution in [3.63, 3.8) is 0 Å². The predicted molar refractivity (Wildman–Crippen MR) is 94.2 cm³/mol. The lowest BCUT2D eigenvalue weighted by Gasteiger charge is -2.19. The molecule has 0 saturated heterocycles. The molecular formula is C19H18ClNO4. The average Bonchev–Trinajstić information content (AvgIpc) is 2.63. The zero-order valence-corrected chi connectivity index (χ0v) is 15.0. The monoisotopic (exact) mass is 359 g/mol. The molecule has 0 saturated carbocycles. The van der Waals surface area contributed by atoms with E-state index >= 15 is 0 Å². The summed E-state index contributed by atoms with van der Waals surface area (Å²) in [7, 11) is 4.37. The number of benzene rings is 2. The van der Waals surface area contributed by atoms with Gasteiger partial charge in [-0.3, -0.25) is 4.79 Å². The van der Waals surface area contributed by atoms with E-state index in [-0.39, 0.29) is 6.42 Å². The van der Waals surface area contributed by atoms with Crippen LogP contribution in [0.2, 0.25) is 5.02 Å². The van der Waals surface area contributed by atoms with Crippen molar-refractivity contribution in [3.8, 4) is 17.6 Å². The molecule has 0 aliphatic carbocycles.